The van der Waals surface area contributed by atoms with Gasteiger partial charge in [0.25, 0.3) is 0 Å². The summed E-state index contributed by atoms with van der Waals surface area (Å²) in [6, 6.07) is 4.42. The maximum atomic E-state index is 5.91. The van der Waals surface area contributed by atoms with Gasteiger partial charge in [-0.15, -0.1) is 0 Å². The Morgan fingerprint density at radius 2 is 2.22 bits per heavy atom. The number of hydrogen-bond donors (Lipinski definition) is 2. The lowest BCUT2D eigenvalue weighted by Crippen LogP contribution is -2.27. The van der Waals surface area contributed by atoms with E-state index < -0.39 is 0 Å². The second kappa shape index (κ2) is 5.84. The molecule has 5 nitrogen and oxygen atoms in total. The SMILES string of the molecule is CCN.NC1CCN(c2nccn3cccc23)C1. The third-order valence-corrected chi connectivity index (χ3v) is 2.96. The van der Waals surface area contributed by atoms with Crippen molar-refractivity contribution in [3.63, 3.8) is 0 Å². The lowest BCUT2D eigenvalue weighted by atomic mass is 10.3. The molecule has 0 spiro atoms. The van der Waals surface area contributed by atoms with Gasteiger partial charge in [0.15, 0.2) is 5.82 Å². The number of rotatable bonds is 1. The molecule has 18 heavy (non-hydrogen) atoms. The number of anilines is 1. The summed E-state index contributed by atoms with van der Waals surface area (Å²) in [4.78, 5) is 6.71. The van der Waals surface area contributed by atoms with Gasteiger partial charge in [0.2, 0.25) is 0 Å². The molecule has 0 aromatic carbocycles. The predicted molar refractivity (Wildman–Crippen MR) is 74.7 cm³/mol. The first-order valence-electron chi connectivity index (χ1n) is 6.38. The van der Waals surface area contributed by atoms with Crippen LogP contribution in [0.1, 0.15) is 13.3 Å². The molecule has 1 atom stereocenters. The fourth-order valence-electron chi connectivity index (χ4n) is 2.18. The van der Waals surface area contributed by atoms with Crippen LogP contribution in [0, 0.1) is 0 Å². The number of hydrogen-bond acceptors (Lipinski definition) is 4. The van der Waals surface area contributed by atoms with E-state index in [4.69, 9.17) is 11.5 Å². The minimum absolute atomic E-state index is 0.294. The quantitative estimate of drug-likeness (QED) is 0.783. The van der Waals surface area contributed by atoms with Crippen molar-refractivity contribution in [3.05, 3.63) is 30.7 Å². The van der Waals surface area contributed by atoms with E-state index in [1.807, 2.05) is 31.6 Å². The highest BCUT2D eigenvalue weighted by atomic mass is 15.2. The minimum atomic E-state index is 0.294. The lowest BCUT2D eigenvalue weighted by molar-refractivity contribution is 0.751. The van der Waals surface area contributed by atoms with Crippen LogP contribution in [0.3, 0.4) is 0 Å². The molecule has 98 valence electrons. The second-order valence-electron chi connectivity index (χ2n) is 4.45. The van der Waals surface area contributed by atoms with E-state index in [1.54, 1.807) is 0 Å². The summed E-state index contributed by atoms with van der Waals surface area (Å²) in [5.41, 5.74) is 11.9. The molecule has 1 saturated heterocycles. The van der Waals surface area contributed by atoms with Crippen LogP contribution in [0.4, 0.5) is 5.82 Å². The van der Waals surface area contributed by atoms with Gasteiger partial charge in [-0.2, -0.15) is 0 Å². The van der Waals surface area contributed by atoms with Crippen molar-refractivity contribution in [1.29, 1.82) is 0 Å². The summed E-state index contributed by atoms with van der Waals surface area (Å²) < 4.78 is 2.09. The van der Waals surface area contributed by atoms with E-state index in [1.165, 1.54) is 0 Å². The Morgan fingerprint density at radius 1 is 1.44 bits per heavy atom. The fourth-order valence-corrected chi connectivity index (χ4v) is 2.18. The molecule has 3 heterocycles. The van der Waals surface area contributed by atoms with Gasteiger partial charge in [-0.1, -0.05) is 6.92 Å². The van der Waals surface area contributed by atoms with E-state index in [-0.39, 0.29) is 0 Å². The summed E-state index contributed by atoms with van der Waals surface area (Å²) in [5.74, 6) is 1.05. The van der Waals surface area contributed by atoms with E-state index in [9.17, 15) is 0 Å². The van der Waals surface area contributed by atoms with Gasteiger partial charge in [0.05, 0.1) is 5.52 Å². The molecule has 0 saturated carbocycles. The van der Waals surface area contributed by atoms with Crippen LogP contribution in [0.15, 0.2) is 30.7 Å². The minimum Gasteiger partial charge on any atom is -0.353 e. The third-order valence-electron chi connectivity index (χ3n) is 2.96. The van der Waals surface area contributed by atoms with E-state index in [2.05, 4.69) is 20.4 Å². The van der Waals surface area contributed by atoms with Crippen LogP contribution in [-0.4, -0.2) is 35.1 Å². The van der Waals surface area contributed by atoms with Gasteiger partial charge in [-0.05, 0) is 25.1 Å². The first-order valence-corrected chi connectivity index (χ1v) is 6.38. The Hall–Kier alpha value is -1.59. The molecule has 1 aliphatic heterocycles. The standard InChI is InChI=1S/C11H14N4.C2H7N/c12-9-3-6-15(8-9)11-10-2-1-5-14(10)7-4-13-11;1-2-3/h1-2,4-5,7,9H,3,6,8,12H2;2-3H2,1H3. The molecule has 1 fully saturated rings. The van der Waals surface area contributed by atoms with Crippen molar-refractivity contribution in [2.24, 2.45) is 11.5 Å². The summed E-state index contributed by atoms with van der Waals surface area (Å²) in [6.45, 7) is 4.58. The number of nitrogens with zero attached hydrogens (tertiary/aromatic N) is 3. The van der Waals surface area contributed by atoms with Crippen LogP contribution in [0.5, 0.6) is 0 Å². The van der Waals surface area contributed by atoms with Gasteiger partial charge in [0, 0.05) is 37.7 Å². The number of fused-ring (bicyclic) bond motifs is 1. The highest BCUT2D eigenvalue weighted by Crippen LogP contribution is 2.22. The molecule has 0 bridgehead atoms. The zero-order chi connectivity index (χ0) is 13.0. The largest absolute Gasteiger partial charge is 0.353 e. The van der Waals surface area contributed by atoms with Crippen molar-refractivity contribution in [2.45, 2.75) is 19.4 Å². The first-order chi connectivity index (χ1) is 8.76. The molecule has 0 aliphatic carbocycles. The molecule has 3 rings (SSSR count). The van der Waals surface area contributed by atoms with Gasteiger partial charge in [-0.25, -0.2) is 4.98 Å². The Bertz CT molecular complexity index is 493. The van der Waals surface area contributed by atoms with Crippen LogP contribution in [0.2, 0.25) is 0 Å². The molecule has 5 heteroatoms. The molecule has 2 aromatic rings. The molecule has 0 radical (unpaired) electrons. The van der Waals surface area contributed by atoms with E-state index >= 15 is 0 Å². The molecule has 1 unspecified atom stereocenters. The summed E-state index contributed by atoms with van der Waals surface area (Å²) >= 11 is 0. The fraction of sp³-hybridized carbons (Fsp3) is 0.462. The van der Waals surface area contributed by atoms with E-state index in [0.717, 1.165) is 37.4 Å². The van der Waals surface area contributed by atoms with Crippen LogP contribution >= 0.6 is 0 Å². The third kappa shape index (κ3) is 2.63. The zero-order valence-corrected chi connectivity index (χ0v) is 10.8. The average molecular weight is 247 g/mol. The van der Waals surface area contributed by atoms with Gasteiger partial charge >= 0.3 is 0 Å². The van der Waals surface area contributed by atoms with Crippen LogP contribution < -0.4 is 16.4 Å². The summed E-state index contributed by atoms with van der Waals surface area (Å²) in [6.07, 6.45) is 6.90. The van der Waals surface area contributed by atoms with Crippen molar-refractivity contribution in [1.82, 2.24) is 9.38 Å². The molecular formula is C13H21N5. The van der Waals surface area contributed by atoms with Gasteiger partial charge in [0.1, 0.15) is 0 Å². The van der Waals surface area contributed by atoms with Crippen molar-refractivity contribution in [3.8, 4) is 0 Å². The Labute approximate surface area is 107 Å². The summed E-state index contributed by atoms with van der Waals surface area (Å²) in [7, 11) is 0. The van der Waals surface area contributed by atoms with Gasteiger partial charge in [-0.3, -0.25) is 0 Å². The normalized spacial score (nSPS) is 18.8. The monoisotopic (exact) mass is 247 g/mol. The first kappa shape index (κ1) is 12.9. The van der Waals surface area contributed by atoms with E-state index in [0.29, 0.717) is 6.04 Å². The molecular weight excluding hydrogens is 226 g/mol. The van der Waals surface area contributed by atoms with Gasteiger partial charge < -0.3 is 20.8 Å². The molecule has 2 aromatic heterocycles. The predicted octanol–water partition coefficient (Wildman–Crippen LogP) is 0.837. The van der Waals surface area contributed by atoms with Crippen LogP contribution in [0.25, 0.3) is 5.52 Å². The maximum Gasteiger partial charge on any atom is 0.152 e. The molecule has 0 amide bonds. The van der Waals surface area contributed by atoms with Crippen molar-refractivity contribution in [2.75, 3.05) is 24.5 Å². The second-order valence-corrected chi connectivity index (χ2v) is 4.45. The van der Waals surface area contributed by atoms with Crippen molar-refractivity contribution < 1.29 is 0 Å². The Morgan fingerprint density at radius 3 is 2.89 bits per heavy atom. The van der Waals surface area contributed by atoms with Crippen molar-refractivity contribution >= 4 is 11.3 Å². The molecule has 4 N–H and O–H groups in total. The number of aromatic nitrogens is 2. The molecule has 1 aliphatic rings. The smallest absolute Gasteiger partial charge is 0.152 e. The highest BCUT2D eigenvalue weighted by molar-refractivity contribution is 5.69. The Kier molecular flexibility index (Phi) is 4.17. The van der Waals surface area contributed by atoms with Crippen LogP contribution in [-0.2, 0) is 0 Å². The maximum absolute atomic E-state index is 5.91. The summed E-state index contributed by atoms with van der Waals surface area (Å²) in [5, 5.41) is 0. The highest BCUT2D eigenvalue weighted by Gasteiger charge is 2.21. The average Bonchev–Trinajstić information content (AvgIpc) is 2.97. The number of nitrogens with two attached hydrogens (primary N) is 2. The lowest BCUT2D eigenvalue weighted by Gasteiger charge is -2.17. The topological polar surface area (TPSA) is 72.6 Å². The zero-order valence-electron chi connectivity index (χ0n) is 10.8. The Balaban J connectivity index is 0.000000367.